The van der Waals surface area contributed by atoms with Gasteiger partial charge in [0.15, 0.2) is 5.52 Å². The number of nitro benzene ring substituents is 1. The zero-order valence-electron chi connectivity index (χ0n) is 6.85. The molecule has 2 aromatic rings. The van der Waals surface area contributed by atoms with E-state index in [-0.39, 0.29) is 11.2 Å². The van der Waals surface area contributed by atoms with Crippen LogP contribution in [0.2, 0.25) is 5.02 Å². The van der Waals surface area contributed by atoms with Gasteiger partial charge in [-0.2, -0.15) is 9.89 Å². The second-order valence-electron chi connectivity index (χ2n) is 2.68. The van der Waals surface area contributed by atoms with Gasteiger partial charge in [-0.1, -0.05) is 11.6 Å². The second-order valence-corrected chi connectivity index (χ2v) is 3.08. The number of aromatic nitrogens is 2. The minimum absolute atomic E-state index is 0.107. The van der Waals surface area contributed by atoms with Crippen LogP contribution in [0.5, 0.6) is 0 Å². The maximum absolute atomic E-state index is 10.6. The average Bonchev–Trinajstić information content (AvgIpc) is 2.50. The fourth-order valence-electron chi connectivity index (χ4n) is 1.26. The number of hydrogen-bond donors (Lipinski definition) is 1. The quantitative estimate of drug-likeness (QED) is 0.439. The largest absolute Gasteiger partial charge is 0.322 e. The van der Waals surface area contributed by atoms with Crippen molar-refractivity contribution < 1.29 is 4.92 Å². The first-order valence-electron chi connectivity index (χ1n) is 3.67. The van der Waals surface area contributed by atoms with Gasteiger partial charge in [0.1, 0.15) is 0 Å². The highest BCUT2D eigenvalue weighted by Crippen LogP contribution is 2.29. The van der Waals surface area contributed by atoms with Crippen LogP contribution < -0.4 is 5.84 Å². The molecule has 1 heterocycles. The monoisotopic (exact) mass is 212 g/mol. The molecule has 6 nitrogen and oxygen atoms in total. The van der Waals surface area contributed by atoms with Crippen molar-refractivity contribution in [3.8, 4) is 0 Å². The lowest BCUT2D eigenvalue weighted by molar-refractivity contribution is -0.383. The van der Waals surface area contributed by atoms with Crippen LogP contribution in [0, 0.1) is 10.1 Å². The third kappa shape index (κ3) is 1.08. The van der Waals surface area contributed by atoms with Crippen molar-refractivity contribution in [2.45, 2.75) is 0 Å². The Bertz CT molecular complexity index is 522. The lowest BCUT2D eigenvalue weighted by atomic mass is 10.2. The first-order valence-corrected chi connectivity index (χ1v) is 4.05. The molecule has 0 radical (unpaired) electrons. The Morgan fingerprint density at radius 3 is 2.93 bits per heavy atom. The molecule has 14 heavy (non-hydrogen) atoms. The Balaban J connectivity index is 2.92. The molecule has 0 unspecified atom stereocenters. The zero-order chi connectivity index (χ0) is 10.3. The summed E-state index contributed by atoms with van der Waals surface area (Å²) in [4.78, 5) is 11.1. The topological polar surface area (TPSA) is 87.0 Å². The summed E-state index contributed by atoms with van der Waals surface area (Å²) in [6.45, 7) is 0. The smallest absolute Gasteiger partial charge is 0.297 e. The van der Waals surface area contributed by atoms with E-state index in [2.05, 4.69) is 5.10 Å². The Morgan fingerprint density at radius 2 is 2.29 bits per heavy atom. The number of rotatable bonds is 1. The number of nitrogens with two attached hydrogens (primary N) is 1. The molecule has 0 fully saturated rings. The number of non-ortho nitro benzene ring substituents is 1. The summed E-state index contributed by atoms with van der Waals surface area (Å²) >= 11 is 5.82. The normalized spacial score (nSPS) is 10.6. The number of nitrogens with zero attached hydrogens (tertiary/aromatic N) is 3. The minimum atomic E-state index is -0.524. The van der Waals surface area contributed by atoms with Gasteiger partial charge in [0, 0.05) is 11.5 Å². The number of fused-ring (bicyclic) bond motifs is 1. The number of halogens is 1. The van der Waals surface area contributed by atoms with Gasteiger partial charge in [-0.3, -0.25) is 10.1 Å². The molecule has 1 aromatic heterocycles. The molecule has 0 aliphatic heterocycles. The molecular weight excluding hydrogens is 208 g/mol. The van der Waals surface area contributed by atoms with Crippen LogP contribution in [0.4, 0.5) is 5.69 Å². The Morgan fingerprint density at radius 1 is 1.57 bits per heavy atom. The van der Waals surface area contributed by atoms with Crippen molar-refractivity contribution >= 4 is 28.2 Å². The molecule has 0 aliphatic rings. The predicted octanol–water partition coefficient (Wildman–Crippen LogP) is 1.31. The van der Waals surface area contributed by atoms with Gasteiger partial charge in [-0.15, -0.1) is 0 Å². The Hall–Kier alpha value is -1.82. The lowest BCUT2D eigenvalue weighted by Crippen LogP contribution is -2.10. The molecule has 0 atom stereocenters. The molecule has 0 aliphatic carbocycles. The summed E-state index contributed by atoms with van der Waals surface area (Å²) in [6, 6.07) is 2.75. The van der Waals surface area contributed by atoms with Crippen LogP contribution in [0.25, 0.3) is 10.9 Å². The molecule has 72 valence electrons. The third-order valence-electron chi connectivity index (χ3n) is 1.88. The molecule has 0 saturated carbocycles. The summed E-state index contributed by atoms with van der Waals surface area (Å²) in [6.07, 6.45) is 1.39. The van der Waals surface area contributed by atoms with E-state index in [1.807, 2.05) is 0 Å². The summed E-state index contributed by atoms with van der Waals surface area (Å²) in [5.74, 6) is 5.43. The molecule has 0 bridgehead atoms. The zero-order valence-corrected chi connectivity index (χ0v) is 7.60. The highest BCUT2D eigenvalue weighted by Gasteiger charge is 2.17. The van der Waals surface area contributed by atoms with Gasteiger partial charge >= 0.3 is 0 Å². The van der Waals surface area contributed by atoms with Gasteiger partial charge in [0.25, 0.3) is 5.69 Å². The van der Waals surface area contributed by atoms with Crippen LogP contribution in [-0.2, 0) is 0 Å². The molecule has 2 rings (SSSR count). The average molecular weight is 213 g/mol. The molecule has 0 spiro atoms. The van der Waals surface area contributed by atoms with E-state index in [0.29, 0.717) is 10.4 Å². The number of nitro groups is 1. The predicted molar refractivity (Wildman–Crippen MR) is 51.5 cm³/mol. The summed E-state index contributed by atoms with van der Waals surface area (Å²) in [7, 11) is 0. The second kappa shape index (κ2) is 2.85. The SMILES string of the molecule is Nn1ncc2c(Cl)ccc([N+](=O)[O-])c21. The lowest BCUT2D eigenvalue weighted by Gasteiger charge is -1.97. The van der Waals surface area contributed by atoms with Crippen LogP contribution in [0.15, 0.2) is 18.3 Å². The van der Waals surface area contributed by atoms with Crippen molar-refractivity contribution in [2.24, 2.45) is 0 Å². The summed E-state index contributed by atoms with van der Waals surface area (Å²) < 4.78 is 0. The number of benzene rings is 1. The highest BCUT2D eigenvalue weighted by molar-refractivity contribution is 6.35. The molecule has 0 saturated heterocycles. The van der Waals surface area contributed by atoms with Crippen LogP contribution in [-0.4, -0.2) is 14.8 Å². The molecule has 2 N–H and O–H groups in total. The van der Waals surface area contributed by atoms with E-state index in [0.717, 1.165) is 4.79 Å². The number of nitrogen functional groups attached to an aromatic ring is 1. The molecule has 7 heteroatoms. The van der Waals surface area contributed by atoms with E-state index in [9.17, 15) is 10.1 Å². The summed E-state index contributed by atoms with van der Waals surface area (Å²) in [5.41, 5.74) is 0.118. The van der Waals surface area contributed by atoms with Crippen molar-refractivity contribution in [1.29, 1.82) is 0 Å². The fourth-order valence-corrected chi connectivity index (χ4v) is 1.46. The molecule has 1 aromatic carbocycles. The Kier molecular flexibility index (Phi) is 1.78. The van der Waals surface area contributed by atoms with Crippen LogP contribution >= 0.6 is 11.6 Å². The van der Waals surface area contributed by atoms with E-state index >= 15 is 0 Å². The van der Waals surface area contributed by atoms with Gasteiger partial charge in [-0.25, -0.2) is 0 Å². The van der Waals surface area contributed by atoms with Gasteiger partial charge in [0.05, 0.1) is 16.1 Å². The fraction of sp³-hybridized carbons (Fsp3) is 0. The van der Waals surface area contributed by atoms with Crippen molar-refractivity contribution in [2.75, 3.05) is 5.84 Å². The first-order chi connectivity index (χ1) is 6.61. The Labute approximate surface area is 83.0 Å². The van der Waals surface area contributed by atoms with Gasteiger partial charge in [0.2, 0.25) is 0 Å². The third-order valence-corrected chi connectivity index (χ3v) is 2.21. The maximum atomic E-state index is 10.6. The summed E-state index contributed by atoms with van der Waals surface area (Å²) in [5, 5.41) is 15.2. The maximum Gasteiger partial charge on any atom is 0.297 e. The van der Waals surface area contributed by atoms with E-state index in [1.54, 1.807) is 0 Å². The van der Waals surface area contributed by atoms with Crippen molar-refractivity contribution in [3.05, 3.63) is 33.5 Å². The van der Waals surface area contributed by atoms with E-state index in [1.165, 1.54) is 18.3 Å². The number of hydrogen-bond acceptors (Lipinski definition) is 4. The van der Waals surface area contributed by atoms with Crippen molar-refractivity contribution in [1.82, 2.24) is 9.89 Å². The minimum Gasteiger partial charge on any atom is -0.322 e. The van der Waals surface area contributed by atoms with Crippen LogP contribution in [0.1, 0.15) is 0 Å². The van der Waals surface area contributed by atoms with Crippen molar-refractivity contribution in [3.63, 3.8) is 0 Å². The van der Waals surface area contributed by atoms with Gasteiger partial charge in [-0.05, 0) is 6.07 Å². The standard InChI is InChI=1S/C7H5ClN4O2/c8-5-1-2-6(12(13)14)7-4(5)3-10-11(7)9/h1-3H,9H2. The highest BCUT2D eigenvalue weighted by atomic mass is 35.5. The van der Waals surface area contributed by atoms with Gasteiger partial charge < -0.3 is 5.84 Å². The first kappa shape index (κ1) is 8.76. The van der Waals surface area contributed by atoms with E-state index < -0.39 is 4.92 Å². The molecule has 0 amide bonds. The van der Waals surface area contributed by atoms with E-state index in [4.69, 9.17) is 17.4 Å². The molecular formula is C7H5ClN4O2. The van der Waals surface area contributed by atoms with Crippen LogP contribution in [0.3, 0.4) is 0 Å².